The summed E-state index contributed by atoms with van der Waals surface area (Å²) in [5, 5.41) is 16.3. The van der Waals surface area contributed by atoms with E-state index >= 15 is 0 Å². The van der Waals surface area contributed by atoms with E-state index in [1.54, 1.807) is 48.5 Å². The van der Waals surface area contributed by atoms with Crippen LogP contribution in [-0.2, 0) is 19.9 Å². The number of carboxylic acid groups (broad SMARTS) is 1. The highest BCUT2D eigenvalue weighted by Crippen LogP contribution is 2.54. The second kappa shape index (κ2) is 8.54. The van der Waals surface area contributed by atoms with E-state index in [9.17, 15) is 19.5 Å². The molecule has 0 aliphatic carbocycles. The van der Waals surface area contributed by atoms with Gasteiger partial charge in [-0.25, -0.2) is 9.69 Å². The molecule has 4 aromatic rings. The van der Waals surface area contributed by atoms with Crippen LogP contribution in [0.3, 0.4) is 0 Å². The largest absolute Gasteiger partial charge is 0.480 e. The van der Waals surface area contributed by atoms with Crippen molar-refractivity contribution < 1.29 is 19.5 Å². The highest BCUT2D eigenvalue weighted by molar-refractivity contribution is 6.32. The van der Waals surface area contributed by atoms with Crippen LogP contribution in [0, 0.1) is 18.8 Å². The molecule has 2 amide bonds. The Bertz CT molecular complexity index is 1580. The second-order valence-corrected chi connectivity index (χ2v) is 10.0. The molecule has 37 heavy (non-hydrogen) atoms. The van der Waals surface area contributed by atoms with Gasteiger partial charge >= 0.3 is 5.97 Å². The van der Waals surface area contributed by atoms with Gasteiger partial charge in [0.1, 0.15) is 0 Å². The van der Waals surface area contributed by atoms with Gasteiger partial charge in [0.05, 0.1) is 17.5 Å². The molecule has 0 bridgehead atoms. The van der Waals surface area contributed by atoms with Crippen LogP contribution >= 0.6 is 11.6 Å². The average molecular weight is 511 g/mol. The molecule has 2 fully saturated rings. The maximum absolute atomic E-state index is 14.1. The molecule has 0 saturated carbocycles. The van der Waals surface area contributed by atoms with Crippen LogP contribution in [0.5, 0.6) is 0 Å². The van der Waals surface area contributed by atoms with Gasteiger partial charge in [-0.2, -0.15) is 0 Å². The predicted octanol–water partition coefficient (Wildman–Crippen LogP) is 5.23. The molecule has 2 N–H and O–H groups in total. The third-order valence-electron chi connectivity index (χ3n) is 7.70. The topological polar surface area (TPSA) is 86.7 Å². The minimum atomic E-state index is -1.80. The molecule has 4 aromatic carbocycles. The lowest BCUT2D eigenvalue weighted by Gasteiger charge is -2.32. The van der Waals surface area contributed by atoms with Crippen molar-refractivity contribution in [3.05, 3.63) is 113 Å². The van der Waals surface area contributed by atoms with Gasteiger partial charge in [0.25, 0.3) is 0 Å². The smallest absolute Gasteiger partial charge is 0.329 e. The fourth-order valence-electron chi connectivity index (χ4n) is 5.96. The first-order valence-corrected chi connectivity index (χ1v) is 12.4. The average Bonchev–Trinajstić information content (AvgIpc) is 3.40. The Morgan fingerprint density at radius 2 is 1.62 bits per heavy atom. The number of imide groups is 1. The van der Waals surface area contributed by atoms with Crippen LogP contribution in [0.2, 0.25) is 5.02 Å². The van der Waals surface area contributed by atoms with Crippen molar-refractivity contribution in [3.63, 3.8) is 0 Å². The molecule has 6 nitrogen and oxygen atoms in total. The first-order valence-electron chi connectivity index (χ1n) is 12.0. The zero-order valence-corrected chi connectivity index (χ0v) is 20.6. The fraction of sp³-hybridized carbons (Fsp3) is 0.167. The van der Waals surface area contributed by atoms with Crippen LogP contribution in [-0.4, -0.2) is 22.9 Å². The fourth-order valence-corrected chi connectivity index (χ4v) is 6.13. The predicted molar refractivity (Wildman–Crippen MR) is 141 cm³/mol. The third kappa shape index (κ3) is 3.33. The second-order valence-electron chi connectivity index (χ2n) is 9.62. The molecule has 4 atom stereocenters. The Balaban J connectivity index is 1.59. The standard InChI is InChI=1S/C30H23ClN2O4/c1-17-14-15-20(16-23(17)31)33-27(34)24-25(28(33)35)30(29(36)37,19-10-3-2-4-11-19)32-26(24)22-13-7-9-18-8-5-6-12-21(18)22/h2-16,24-26,32H,1H3,(H,36,37). The van der Waals surface area contributed by atoms with E-state index in [4.69, 9.17) is 11.6 Å². The van der Waals surface area contributed by atoms with Crippen LogP contribution in [0.4, 0.5) is 5.69 Å². The van der Waals surface area contributed by atoms with E-state index < -0.39 is 41.2 Å². The first-order chi connectivity index (χ1) is 17.8. The zero-order chi connectivity index (χ0) is 25.9. The van der Waals surface area contributed by atoms with Crippen molar-refractivity contribution in [2.45, 2.75) is 18.5 Å². The van der Waals surface area contributed by atoms with Crippen LogP contribution in [0.1, 0.15) is 22.7 Å². The van der Waals surface area contributed by atoms with Gasteiger partial charge in [-0.1, -0.05) is 90.5 Å². The number of anilines is 1. The number of halogens is 1. The number of nitrogens with zero attached hydrogens (tertiary/aromatic N) is 1. The molecule has 2 aliphatic heterocycles. The number of amides is 2. The summed E-state index contributed by atoms with van der Waals surface area (Å²) in [6, 6.07) is 26.4. The van der Waals surface area contributed by atoms with Gasteiger partial charge < -0.3 is 5.11 Å². The highest BCUT2D eigenvalue weighted by atomic mass is 35.5. The Labute approximate surface area is 218 Å². The number of aryl methyl sites for hydroxylation is 1. The van der Waals surface area contributed by atoms with E-state index in [2.05, 4.69) is 5.32 Å². The summed E-state index contributed by atoms with van der Waals surface area (Å²) in [7, 11) is 0. The van der Waals surface area contributed by atoms with Crippen molar-refractivity contribution in [2.24, 2.45) is 11.8 Å². The Morgan fingerprint density at radius 1 is 0.919 bits per heavy atom. The van der Waals surface area contributed by atoms with Crippen molar-refractivity contribution in [3.8, 4) is 0 Å². The van der Waals surface area contributed by atoms with E-state index in [0.29, 0.717) is 16.3 Å². The van der Waals surface area contributed by atoms with E-state index in [1.165, 1.54) is 0 Å². The number of benzene rings is 4. The van der Waals surface area contributed by atoms with E-state index in [1.807, 2.05) is 49.4 Å². The number of aliphatic carboxylic acids is 1. The van der Waals surface area contributed by atoms with Crippen molar-refractivity contribution in [2.75, 3.05) is 4.90 Å². The Morgan fingerprint density at radius 3 is 2.35 bits per heavy atom. The number of carboxylic acids is 1. The number of fused-ring (bicyclic) bond motifs is 2. The van der Waals surface area contributed by atoms with Crippen LogP contribution in [0.15, 0.2) is 91.0 Å². The minimum Gasteiger partial charge on any atom is -0.480 e. The van der Waals surface area contributed by atoms with Gasteiger partial charge in [0.2, 0.25) is 11.8 Å². The van der Waals surface area contributed by atoms with Crippen LogP contribution in [0.25, 0.3) is 10.8 Å². The number of carbonyl (C=O) groups excluding carboxylic acids is 2. The highest BCUT2D eigenvalue weighted by Gasteiger charge is 2.69. The summed E-state index contributed by atoms with van der Waals surface area (Å²) in [6.07, 6.45) is 0. The molecule has 7 heteroatoms. The third-order valence-corrected chi connectivity index (χ3v) is 8.11. The molecule has 2 heterocycles. The normalized spacial score (nSPS) is 25.0. The number of rotatable bonds is 4. The molecule has 2 aliphatic rings. The number of hydrogen-bond acceptors (Lipinski definition) is 4. The van der Waals surface area contributed by atoms with E-state index in [0.717, 1.165) is 26.8 Å². The summed E-state index contributed by atoms with van der Waals surface area (Å²) in [4.78, 5) is 42.4. The van der Waals surface area contributed by atoms with Crippen molar-refractivity contribution in [1.82, 2.24) is 5.32 Å². The summed E-state index contributed by atoms with van der Waals surface area (Å²) in [6.45, 7) is 1.83. The quantitative estimate of drug-likeness (QED) is 0.367. The lowest BCUT2D eigenvalue weighted by molar-refractivity contribution is -0.149. The summed E-state index contributed by atoms with van der Waals surface area (Å²) in [5.41, 5.74) is 0.541. The summed E-state index contributed by atoms with van der Waals surface area (Å²) in [5.74, 6) is -4.31. The lowest BCUT2D eigenvalue weighted by atomic mass is 9.75. The number of carbonyl (C=O) groups is 3. The molecule has 2 saturated heterocycles. The van der Waals surface area contributed by atoms with Gasteiger partial charge in [-0.15, -0.1) is 0 Å². The molecule has 6 rings (SSSR count). The zero-order valence-electron chi connectivity index (χ0n) is 19.9. The van der Waals surface area contributed by atoms with Crippen molar-refractivity contribution >= 4 is 45.8 Å². The maximum Gasteiger partial charge on any atom is 0.329 e. The van der Waals surface area contributed by atoms with Crippen molar-refractivity contribution in [1.29, 1.82) is 0 Å². The number of hydrogen-bond donors (Lipinski definition) is 2. The molecule has 4 unspecified atom stereocenters. The Hall–Kier alpha value is -4.00. The van der Waals surface area contributed by atoms with E-state index in [-0.39, 0.29) is 0 Å². The van der Waals surface area contributed by atoms with Gasteiger partial charge in [0, 0.05) is 11.1 Å². The molecular weight excluding hydrogens is 488 g/mol. The SMILES string of the molecule is Cc1ccc(N2C(=O)C3C(c4cccc5ccccc45)NC(C(=O)O)(c4ccccc4)C3C2=O)cc1Cl. The maximum atomic E-state index is 14.1. The molecule has 0 radical (unpaired) electrons. The molecule has 0 aromatic heterocycles. The lowest BCUT2D eigenvalue weighted by Crippen LogP contribution is -2.53. The minimum absolute atomic E-state index is 0.337. The van der Waals surface area contributed by atoms with Gasteiger partial charge in [0.15, 0.2) is 5.54 Å². The molecular formula is C30H23ClN2O4. The molecule has 0 spiro atoms. The Kier molecular flexibility index (Phi) is 5.40. The first kappa shape index (κ1) is 23.4. The number of nitrogens with one attached hydrogen (secondary N) is 1. The van der Waals surface area contributed by atoms with Gasteiger partial charge in [-0.3, -0.25) is 14.9 Å². The summed E-state index contributed by atoms with van der Waals surface area (Å²) < 4.78 is 0. The van der Waals surface area contributed by atoms with Crippen LogP contribution < -0.4 is 10.2 Å². The monoisotopic (exact) mass is 510 g/mol. The summed E-state index contributed by atoms with van der Waals surface area (Å²) >= 11 is 6.34. The van der Waals surface area contributed by atoms with Gasteiger partial charge in [-0.05, 0) is 46.5 Å². The molecule has 184 valence electrons.